The van der Waals surface area contributed by atoms with Gasteiger partial charge in [-0.25, -0.2) is 0 Å². The van der Waals surface area contributed by atoms with Crippen molar-refractivity contribution < 1.29 is 4.79 Å². The molecule has 0 aliphatic heterocycles. The van der Waals surface area contributed by atoms with Crippen molar-refractivity contribution in [3.63, 3.8) is 0 Å². The molecule has 1 aliphatic carbocycles. The average Bonchev–Trinajstić information content (AvgIpc) is 2.38. The fourth-order valence-electron chi connectivity index (χ4n) is 3.10. The molecule has 3 N–H and O–H groups in total. The molecule has 0 spiro atoms. The van der Waals surface area contributed by atoms with Gasteiger partial charge in [0.1, 0.15) is 0 Å². The summed E-state index contributed by atoms with van der Waals surface area (Å²) in [5.41, 5.74) is 8.49. The number of hydrogen-bond donors (Lipinski definition) is 2. The van der Waals surface area contributed by atoms with Crippen LogP contribution in [-0.2, 0) is 6.54 Å². The molecule has 2 rings (SSSR count). The number of nitrogens with one attached hydrogen (secondary N) is 1. The van der Waals surface area contributed by atoms with Crippen molar-refractivity contribution >= 4 is 5.91 Å². The fourth-order valence-corrected chi connectivity index (χ4v) is 3.10. The molecule has 2 atom stereocenters. The lowest BCUT2D eigenvalue weighted by Crippen LogP contribution is -2.26. The highest BCUT2D eigenvalue weighted by molar-refractivity contribution is 5.92. The van der Waals surface area contributed by atoms with Gasteiger partial charge in [0, 0.05) is 12.1 Å². The van der Waals surface area contributed by atoms with Gasteiger partial charge in [-0.15, -0.1) is 0 Å². The molecule has 0 saturated carbocycles. The zero-order valence-corrected chi connectivity index (χ0v) is 12.4. The molecule has 0 radical (unpaired) electrons. The van der Waals surface area contributed by atoms with Crippen LogP contribution in [-0.4, -0.2) is 12.5 Å². The Kier molecular flexibility index (Phi) is 4.96. The largest absolute Gasteiger partial charge is 0.366 e. The highest BCUT2D eigenvalue weighted by Crippen LogP contribution is 2.27. The molecule has 0 heterocycles. The second-order valence-electron chi connectivity index (χ2n) is 5.99. The van der Waals surface area contributed by atoms with Crippen LogP contribution in [0.4, 0.5) is 0 Å². The molecule has 0 fully saturated rings. The van der Waals surface area contributed by atoms with E-state index in [1.165, 1.54) is 18.4 Å². The lowest BCUT2D eigenvalue weighted by atomic mass is 9.84. The maximum Gasteiger partial charge on any atom is 0.248 e. The third kappa shape index (κ3) is 4.20. The van der Waals surface area contributed by atoms with Gasteiger partial charge in [0.2, 0.25) is 5.91 Å². The average molecular weight is 272 g/mol. The van der Waals surface area contributed by atoms with Crippen LogP contribution >= 0.6 is 0 Å². The minimum absolute atomic E-state index is 0.367. The number of nitrogens with two attached hydrogens (primary N) is 1. The first-order valence-corrected chi connectivity index (χ1v) is 7.31. The van der Waals surface area contributed by atoms with Crippen molar-refractivity contribution in [2.45, 2.75) is 33.2 Å². The van der Waals surface area contributed by atoms with Crippen molar-refractivity contribution in [3.8, 4) is 0 Å². The van der Waals surface area contributed by atoms with Crippen molar-refractivity contribution in [2.24, 2.45) is 17.6 Å². The van der Waals surface area contributed by atoms with Crippen LogP contribution in [0, 0.1) is 11.8 Å². The summed E-state index contributed by atoms with van der Waals surface area (Å²) in [5, 5.41) is 3.50. The van der Waals surface area contributed by atoms with E-state index in [2.05, 4.69) is 25.2 Å². The normalized spacial score (nSPS) is 22.4. The summed E-state index contributed by atoms with van der Waals surface area (Å²) in [6, 6.07) is 7.52. The Bertz CT molecular complexity index is 507. The molecule has 0 aromatic heterocycles. The third-order valence-electron chi connectivity index (χ3n) is 3.86. The van der Waals surface area contributed by atoms with Gasteiger partial charge < -0.3 is 11.1 Å². The Morgan fingerprint density at radius 3 is 2.95 bits per heavy atom. The molecule has 3 heteroatoms. The zero-order chi connectivity index (χ0) is 14.5. The number of allylic oxidation sites excluding steroid dienone is 2. The zero-order valence-electron chi connectivity index (χ0n) is 12.4. The monoisotopic (exact) mass is 272 g/mol. The van der Waals surface area contributed by atoms with Crippen molar-refractivity contribution in [3.05, 3.63) is 47.0 Å². The molecule has 1 amide bonds. The Balaban J connectivity index is 1.83. The van der Waals surface area contributed by atoms with E-state index in [0.717, 1.165) is 18.7 Å². The topological polar surface area (TPSA) is 55.1 Å². The number of carbonyl (C=O) groups excluding carboxylic acids is 1. The maximum absolute atomic E-state index is 11.1. The number of carbonyl (C=O) groups is 1. The van der Waals surface area contributed by atoms with E-state index in [0.29, 0.717) is 17.4 Å². The van der Waals surface area contributed by atoms with Crippen molar-refractivity contribution in [1.82, 2.24) is 5.32 Å². The molecular formula is C17H24N2O. The number of primary amides is 1. The lowest BCUT2D eigenvalue weighted by Gasteiger charge is -2.25. The van der Waals surface area contributed by atoms with Crippen LogP contribution in [0.2, 0.25) is 0 Å². The summed E-state index contributed by atoms with van der Waals surface area (Å²) < 4.78 is 0. The number of rotatable bonds is 5. The van der Waals surface area contributed by atoms with Gasteiger partial charge >= 0.3 is 0 Å². The number of benzene rings is 1. The van der Waals surface area contributed by atoms with E-state index in [9.17, 15) is 4.79 Å². The first-order chi connectivity index (χ1) is 9.54. The first kappa shape index (κ1) is 14.8. The van der Waals surface area contributed by atoms with E-state index in [4.69, 9.17) is 5.73 Å². The summed E-state index contributed by atoms with van der Waals surface area (Å²) in [4.78, 5) is 11.1. The van der Waals surface area contributed by atoms with Crippen LogP contribution in [0.1, 0.15) is 42.6 Å². The summed E-state index contributed by atoms with van der Waals surface area (Å²) >= 11 is 0. The Morgan fingerprint density at radius 2 is 2.25 bits per heavy atom. The molecule has 1 aromatic carbocycles. The van der Waals surface area contributed by atoms with Crippen molar-refractivity contribution in [1.29, 1.82) is 0 Å². The van der Waals surface area contributed by atoms with Crippen LogP contribution in [0.5, 0.6) is 0 Å². The lowest BCUT2D eigenvalue weighted by molar-refractivity contribution is 0.1000. The van der Waals surface area contributed by atoms with Crippen LogP contribution < -0.4 is 11.1 Å². The highest BCUT2D eigenvalue weighted by Gasteiger charge is 2.17. The van der Waals surface area contributed by atoms with E-state index >= 15 is 0 Å². The highest BCUT2D eigenvalue weighted by atomic mass is 16.1. The van der Waals surface area contributed by atoms with Crippen molar-refractivity contribution in [2.75, 3.05) is 6.54 Å². The summed E-state index contributed by atoms with van der Waals surface area (Å²) in [5.74, 6) is 1.04. The van der Waals surface area contributed by atoms with Crippen LogP contribution in [0.25, 0.3) is 0 Å². The quantitative estimate of drug-likeness (QED) is 0.810. The number of hydrogen-bond acceptors (Lipinski definition) is 2. The summed E-state index contributed by atoms with van der Waals surface area (Å²) in [6.07, 6.45) is 4.83. The van der Waals surface area contributed by atoms with Crippen LogP contribution in [0.15, 0.2) is 35.9 Å². The van der Waals surface area contributed by atoms with Gasteiger partial charge in [0.15, 0.2) is 0 Å². The first-order valence-electron chi connectivity index (χ1n) is 7.31. The smallest absolute Gasteiger partial charge is 0.248 e. The predicted octanol–water partition coefficient (Wildman–Crippen LogP) is 2.87. The van der Waals surface area contributed by atoms with E-state index in [1.807, 2.05) is 18.2 Å². The Hall–Kier alpha value is -1.61. The summed E-state index contributed by atoms with van der Waals surface area (Å²) in [6.45, 7) is 6.32. The summed E-state index contributed by atoms with van der Waals surface area (Å²) in [7, 11) is 0. The van der Waals surface area contributed by atoms with Gasteiger partial charge in [-0.05, 0) is 55.8 Å². The molecular weight excluding hydrogens is 248 g/mol. The Morgan fingerprint density at radius 1 is 1.45 bits per heavy atom. The maximum atomic E-state index is 11.1. The predicted molar refractivity (Wildman–Crippen MR) is 82.3 cm³/mol. The number of amides is 1. The van der Waals surface area contributed by atoms with E-state index in [-0.39, 0.29) is 5.91 Å². The van der Waals surface area contributed by atoms with Gasteiger partial charge in [-0.3, -0.25) is 4.79 Å². The molecule has 2 unspecified atom stereocenters. The van der Waals surface area contributed by atoms with Gasteiger partial charge in [0.25, 0.3) is 0 Å². The van der Waals surface area contributed by atoms with E-state index < -0.39 is 0 Å². The standard InChI is InChI=1S/C17H24N2O/c1-12-6-13(2)8-15(7-12)11-19-10-14-4-3-5-16(9-14)17(18)20/h3-6,9,12,15,19H,7-8,10-11H2,1-2H3,(H2,18,20). The third-order valence-corrected chi connectivity index (χ3v) is 3.86. The molecule has 108 valence electrons. The SMILES string of the molecule is CC1=CC(C)CC(CNCc2cccc(C(N)=O)c2)C1. The van der Waals surface area contributed by atoms with Gasteiger partial charge in [0.05, 0.1) is 0 Å². The van der Waals surface area contributed by atoms with Crippen LogP contribution in [0.3, 0.4) is 0 Å². The molecule has 1 aliphatic rings. The second kappa shape index (κ2) is 6.71. The molecule has 20 heavy (non-hydrogen) atoms. The van der Waals surface area contributed by atoms with Gasteiger partial charge in [-0.2, -0.15) is 0 Å². The molecule has 0 bridgehead atoms. The fraction of sp³-hybridized carbons (Fsp3) is 0.471. The van der Waals surface area contributed by atoms with Gasteiger partial charge in [-0.1, -0.05) is 30.7 Å². The minimum atomic E-state index is -0.367. The molecule has 3 nitrogen and oxygen atoms in total. The Labute approximate surface area is 121 Å². The minimum Gasteiger partial charge on any atom is -0.366 e. The molecule has 0 saturated heterocycles. The molecule has 1 aromatic rings. The second-order valence-corrected chi connectivity index (χ2v) is 5.99. The van der Waals surface area contributed by atoms with E-state index in [1.54, 1.807) is 6.07 Å².